The Bertz CT molecular complexity index is 473. The molecule has 0 radical (unpaired) electrons. The first-order valence-corrected chi connectivity index (χ1v) is 7.44. The Morgan fingerprint density at radius 1 is 1.24 bits per heavy atom. The van der Waals surface area contributed by atoms with E-state index in [1.54, 1.807) is 12.1 Å². The Kier molecular flexibility index (Phi) is 4.94. The fourth-order valence-electron chi connectivity index (χ4n) is 3.10. The molecule has 1 fully saturated rings. The maximum atomic E-state index is 13.2. The molecule has 1 heterocycles. The molecule has 0 saturated carbocycles. The van der Waals surface area contributed by atoms with Gasteiger partial charge < -0.3 is 5.73 Å². The van der Waals surface area contributed by atoms with Crippen molar-refractivity contribution < 1.29 is 13.2 Å². The van der Waals surface area contributed by atoms with Crippen LogP contribution in [-0.4, -0.2) is 24.5 Å². The lowest BCUT2D eigenvalue weighted by Crippen LogP contribution is -2.43. The summed E-state index contributed by atoms with van der Waals surface area (Å²) >= 11 is 0. The standard InChI is InChI=1S/C16H23F3N2/c1-11-7-8-21(10-12(11)2)15(9-20)13-5-3-4-6-14(13)16(17,18)19/h3-6,11-12,15H,7-10,20H2,1-2H3. The van der Waals surface area contributed by atoms with E-state index in [1.165, 1.54) is 6.07 Å². The zero-order chi connectivity index (χ0) is 15.6. The summed E-state index contributed by atoms with van der Waals surface area (Å²) in [7, 11) is 0. The fourth-order valence-corrected chi connectivity index (χ4v) is 3.10. The zero-order valence-electron chi connectivity index (χ0n) is 12.5. The zero-order valence-corrected chi connectivity index (χ0v) is 12.5. The van der Waals surface area contributed by atoms with Gasteiger partial charge in [-0.1, -0.05) is 32.0 Å². The van der Waals surface area contributed by atoms with E-state index >= 15 is 0 Å². The van der Waals surface area contributed by atoms with E-state index in [0.717, 1.165) is 25.6 Å². The summed E-state index contributed by atoms with van der Waals surface area (Å²) in [6.45, 7) is 6.16. The van der Waals surface area contributed by atoms with Crippen LogP contribution in [0, 0.1) is 11.8 Å². The van der Waals surface area contributed by atoms with Crippen molar-refractivity contribution in [2.24, 2.45) is 17.6 Å². The predicted molar refractivity (Wildman–Crippen MR) is 77.8 cm³/mol. The molecule has 0 spiro atoms. The second kappa shape index (κ2) is 6.36. The first-order valence-electron chi connectivity index (χ1n) is 7.44. The van der Waals surface area contributed by atoms with E-state index in [9.17, 15) is 13.2 Å². The number of benzene rings is 1. The Morgan fingerprint density at radius 3 is 2.48 bits per heavy atom. The van der Waals surface area contributed by atoms with Gasteiger partial charge in [0, 0.05) is 19.1 Å². The molecule has 5 heteroatoms. The third-order valence-electron chi connectivity index (χ3n) is 4.65. The number of halogens is 3. The number of nitrogens with zero attached hydrogens (tertiary/aromatic N) is 1. The van der Waals surface area contributed by atoms with Crippen LogP contribution in [0.1, 0.15) is 37.4 Å². The average Bonchev–Trinajstić information content (AvgIpc) is 2.43. The van der Waals surface area contributed by atoms with Gasteiger partial charge in [0.15, 0.2) is 0 Å². The molecular weight excluding hydrogens is 277 g/mol. The average molecular weight is 300 g/mol. The first-order chi connectivity index (χ1) is 9.84. The molecule has 118 valence electrons. The van der Waals surface area contributed by atoms with E-state index in [0.29, 0.717) is 17.4 Å². The summed E-state index contributed by atoms with van der Waals surface area (Å²) in [4.78, 5) is 2.11. The quantitative estimate of drug-likeness (QED) is 0.922. The van der Waals surface area contributed by atoms with Crippen molar-refractivity contribution in [3.05, 3.63) is 35.4 Å². The molecular formula is C16H23F3N2. The third kappa shape index (κ3) is 3.58. The van der Waals surface area contributed by atoms with Crippen LogP contribution in [0.25, 0.3) is 0 Å². The highest BCUT2D eigenvalue weighted by atomic mass is 19.4. The molecule has 0 bridgehead atoms. The lowest BCUT2D eigenvalue weighted by Gasteiger charge is -2.40. The minimum absolute atomic E-state index is 0.203. The van der Waals surface area contributed by atoms with Gasteiger partial charge in [-0.2, -0.15) is 13.2 Å². The van der Waals surface area contributed by atoms with Crippen molar-refractivity contribution in [3.63, 3.8) is 0 Å². The second-order valence-corrected chi connectivity index (χ2v) is 6.07. The number of piperidine rings is 1. The Morgan fingerprint density at radius 2 is 1.90 bits per heavy atom. The number of hydrogen-bond donors (Lipinski definition) is 1. The van der Waals surface area contributed by atoms with Crippen molar-refractivity contribution in [1.29, 1.82) is 0 Å². The van der Waals surface area contributed by atoms with E-state index in [2.05, 4.69) is 18.7 Å². The maximum absolute atomic E-state index is 13.2. The highest BCUT2D eigenvalue weighted by molar-refractivity contribution is 5.32. The van der Waals surface area contributed by atoms with Crippen LogP contribution < -0.4 is 5.73 Å². The summed E-state index contributed by atoms with van der Waals surface area (Å²) in [6, 6.07) is 5.43. The molecule has 0 aromatic heterocycles. The van der Waals surface area contributed by atoms with Gasteiger partial charge >= 0.3 is 6.18 Å². The van der Waals surface area contributed by atoms with Gasteiger partial charge in [-0.05, 0) is 36.4 Å². The molecule has 2 N–H and O–H groups in total. The van der Waals surface area contributed by atoms with Crippen molar-refractivity contribution >= 4 is 0 Å². The lowest BCUT2D eigenvalue weighted by molar-refractivity contribution is -0.138. The van der Waals surface area contributed by atoms with E-state index in [4.69, 9.17) is 5.73 Å². The minimum atomic E-state index is -4.33. The normalized spacial score (nSPS) is 25.8. The third-order valence-corrected chi connectivity index (χ3v) is 4.65. The fraction of sp³-hybridized carbons (Fsp3) is 0.625. The van der Waals surface area contributed by atoms with Crippen molar-refractivity contribution in [2.75, 3.05) is 19.6 Å². The van der Waals surface area contributed by atoms with Gasteiger partial charge in [0.1, 0.15) is 0 Å². The van der Waals surface area contributed by atoms with Crippen LogP contribution in [-0.2, 0) is 6.18 Å². The molecule has 1 aliphatic rings. The van der Waals surface area contributed by atoms with Crippen molar-refractivity contribution in [3.8, 4) is 0 Å². The predicted octanol–water partition coefficient (Wildman–Crippen LogP) is 3.68. The summed E-state index contributed by atoms with van der Waals surface area (Å²) in [5.41, 5.74) is 5.56. The van der Waals surface area contributed by atoms with Crippen LogP contribution in [0.4, 0.5) is 13.2 Å². The summed E-state index contributed by atoms with van der Waals surface area (Å²) in [5.74, 6) is 1.09. The Labute approximate surface area is 124 Å². The second-order valence-electron chi connectivity index (χ2n) is 6.07. The monoisotopic (exact) mass is 300 g/mol. The molecule has 3 atom stereocenters. The first kappa shape index (κ1) is 16.3. The molecule has 0 aliphatic carbocycles. The van der Waals surface area contributed by atoms with E-state index in [-0.39, 0.29) is 12.6 Å². The Hall–Kier alpha value is -1.07. The minimum Gasteiger partial charge on any atom is -0.329 e. The largest absolute Gasteiger partial charge is 0.416 e. The SMILES string of the molecule is CC1CCN(C(CN)c2ccccc2C(F)(F)F)CC1C. The molecule has 2 rings (SSSR count). The molecule has 1 aliphatic heterocycles. The summed E-state index contributed by atoms with van der Waals surface area (Å²) in [6.07, 6.45) is -3.33. The van der Waals surface area contributed by atoms with Gasteiger partial charge in [-0.25, -0.2) is 0 Å². The van der Waals surface area contributed by atoms with Gasteiger partial charge in [-0.3, -0.25) is 4.90 Å². The number of rotatable bonds is 3. The van der Waals surface area contributed by atoms with Crippen molar-refractivity contribution in [2.45, 2.75) is 32.5 Å². The smallest absolute Gasteiger partial charge is 0.329 e. The van der Waals surface area contributed by atoms with Crippen LogP contribution >= 0.6 is 0 Å². The van der Waals surface area contributed by atoms with Crippen LogP contribution in [0.5, 0.6) is 0 Å². The topological polar surface area (TPSA) is 29.3 Å². The van der Waals surface area contributed by atoms with Crippen LogP contribution in [0.2, 0.25) is 0 Å². The maximum Gasteiger partial charge on any atom is 0.416 e. The highest BCUT2D eigenvalue weighted by Crippen LogP contribution is 2.37. The Balaban J connectivity index is 2.30. The highest BCUT2D eigenvalue weighted by Gasteiger charge is 2.37. The molecule has 1 saturated heterocycles. The van der Waals surface area contributed by atoms with Crippen LogP contribution in [0.15, 0.2) is 24.3 Å². The summed E-state index contributed by atoms with van der Waals surface area (Å²) < 4.78 is 39.6. The number of likely N-dealkylation sites (tertiary alicyclic amines) is 1. The molecule has 2 nitrogen and oxygen atoms in total. The van der Waals surface area contributed by atoms with Gasteiger partial charge in [0.2, 0.25) is 0 Å². The summed E-state index contributed by atoms with van der Waals surface area (Å²) in [5, 5.41) is 0. The van der Waals surface area contributed by atoms with E-state index < -0.39 is 11.7 Å². The van der Waals surface area contributed by atoms with E-state index in [1.807, 2.05) is 0 Å². The van der Waals surface area contributed by atoms with Crippen molar-refractivity contribution in [1.82, 2.24) is 4.90 Å². The number of nitrogens with two attached hydrogens (primary N) is 1. The molecule has 21 heavy (non-hydrogen) atoms. The molecule has 1 aromatic rings. The number of hydrogen-bond acceptors (Lipinski definition) is 2. The van der Waals surface area contributed by atoms with Crippen LogP contribution in [0.3, 0.4) is 0 Å². The number of alkyl halides is 3. The van der Waals surface area contributed by atoms with Gasteiger partial charge in [0.25, 0.3) is 0 Å². The van der Waals surface area contributed by atoms with Gasteiger partial charge in [0.05, 0.1) is 5.56 Å². The molecule has 1 aromatic carbocycles. The molecule has 0 amide bonds. The lowest BCUT2D eigenvalue weighted by atomic mass is 9.86. The molecule has 3 unspecified atom stereocenters. The van der Waals surface area contributed by atoms with Gasteiger partial charge in [-0.15, -0.1) is 0 Å².